The van der Waals surface area contributed by atoms with Gasteiger partial charge in [0.2, 0.25) is 11.8 Å². The summed E-state index contributed by atoms with van der Waals surface area (Å²) in [6.07, 6.45) is 2.25. The van der Waals surface area contributed by atoms with Gasteiger partial charge in [-0.25, -0.2) is 0 Å². The molecular weight excluding hydrogens is 290 g/mol. The van der Waals surface area contributed by atoms with Gasteiger partial charge in [0, 0.05) is 31.0 Å². The van der Waals surface area contributed by atoms with Crippen LogP contribution < -0.4 is 15.5 Å². The quantitative estimate of drug-likeness (QED) is 0.724. The third kappa shape index (κ3) is 4.34. The molecule has 0 aromatic heterocycles. The van der Waals surface area contributed by atoms with Crippen molar-refractivity contribution in [3.63, 3.8) is 0 Å². The Labute approximate surface area is 137 Å². The van der Waals surface area contributed by atoms with Gasteiger partial charge in [-0.1, -0.05) is 6.08 Å². The summed E-state index contributed by atoms with van der Waals surface area (Å²) in [5.74, 6) is -0.576. The Morgan fingerprint density at radius 3 is 2.35 bits per heavy atom. The average Bonchev–Trinajstić information content (AvgIpc) is 3.36. The number of hydrogen-bond acceptors (Lipinski definition) is 3. The first kappa shape index (κ1) is 17.1. The summed E-state index contributed by atoms with van der Waals surface area (Å²) in [6.45, 7) is 10.1. The van der Waals surface area contributed by atoms with Gasteiger partial charge < -0.3 is 15.5 Å². The first-order chi connectivity index (χ1) is 11.1. The summed E-state index contributed by atoms with van der Waals surface area (Å²) >= 11 is 0. The number of amides is 2. The predicted molar refractivity (Wildman–Crippen MR) is 93.4 cm³/mol. The zero-order valence-corrected chi connectivity index (χ0v) is 13.8. The number of carbonyl (C=O) groups excluding carboxylic acids is 2. The van der Waals surface area contributed by atoms with Gasteiger partial charge in [-0.05, 0) is 44.5 Å². The van der Waals surface area contributed by atoms with E-state index >= 15 is 0 Å². The molecule has 1 aliphatic carbocycles. The number of benzene rings is 1. The maximum absolute atomic E-state index is 12.2. The van der Waals surface area contributed by atoms with Crippen molar-refractivity contribution < 1.29 is 9.59 Å². The van der Waals surface area contributed by atoms with Crippen LogP contribution in [0.4, 0.5) is 11.4 Å². The Hall–Kier alpha value is -2.30. The summed E-state index contributed by atoms with van der Waals surface area (Å²) in [5, 5.41) is 5.62. The Balaban J connectivity index is 1.87. The van der Waals surface area contributed by atoms with Crippen LogP contribution in [-0.4, -0.2) is 31.4 Å². The van der Waals surface area contributed by atoms with E-state index in [0.29, 0.717) is 13.0 Å². The van der Waals surface area contributed by atoms with Crippen LogP contribution in [-0.2, 0) is 9.59 Å². The van der Waals surface area contributed by atoms with Crippen molar-refractivity contribution in [1.82, 2.24) is 5.32 Å². The number of anilines is 2. The number of hydrogen-bond donors (Lipinski definition) is 2. The topological polar surface area (TPSA) is 61.4 Å². The molecular formula is C18H25N3O2. The lowest BCUT2D eigenvalue weighted by molar-refractivity contribution is -0.125. The summed E-state index contributed by atoms with van der Waals surface area (Å²) in [6, 6.07) is 7.81. The lowest BCUT2D eigenvalue weighted by Gasteiger charge is -2.21. The highest BCUT2D eigenvalue weighted by molar-refractivity contribution is 5.99. The molecule has 0 aliphatic heterocycles. The highest BCUT2D eigenvalue weighted by Gasteiger charge is 2.47. The summed E-state index contributed by atoms with van der Waals surface area (Å²) in [7, 11) is 0. The smallest absolute Gasteiger partial charge is 0.228 e. The fraction of sp³-hybridized carbons (Fsp3) is 0.444. The molecule has 124 valence electrons. The first-order valence-corrected chi connectivity index (χ1v) is 8.15. The number of nitrogens with one attached hydrogen (secondary N) is 2. The molecule has 2 N–H and O–H groups in total. The van der Waals surface area contributed by atoms with E-state index in [9.17, 15) is 9.59 Å². The van der Waals surface area contributed by atoms with Gasteiger partial charge in [0.25, 0.3) is 0 Å². The van der Waals surface area contributed by atoms with Gasteiger partial charge in [0.05, 0.1) is 11.8 Å². The highest BCUT2D eigenvalue weighted by atomic mass is 16.2. The van der Waals surface area contributed by atoms with Crippen molar-refractivity contribution in [3.8, 4) is 0 Å². The van der Waals surface area contributed by atoms with Crippen molar-refractivity contribution in [2.24, 2.45) is 11.8 Å². The van der Waals surface area contributed by atoms with Gasteiger partial charge in [0.15, 0.2) is 0 Å². The van der Waals surface area contributed by atoms with Crippen LogP contribution >= 0.6 is 0 Å². The third-order valence-electron chi connectivity index (χ3n) is 4.15. The molecule has 0 heterocycles. The van der Waals surface area contributed by atoms with Crippen molar-refractivity contribution in [2.45, 2.75) is 20.3 Å². The molecule has 1 fully saturated rings. The summed E-state index contributed by atoms with van der Waals surface area (Å²) < 4.78 is 0. The fourth-order valence-electron chi connectivity index (χ4n) is 2.66. The molecule has 0 bridgehead atoms. The average molecular weight is 315 g/mol. The van der Waals surface area contributed by atoms with Crippen LogP contribution in [0.3, 0.4) is 0 Å². The van der Waals surface area contributed by atoms with Crippen molar-refractivity contribution >= 4 is 23.2 Å². The maximum Gasteiger partial charge on any atom is 0.228 e. The normalized spacial score (nSPS) is 18.9. The number of carbonyl (C=O) groups is 2. The lowest BCUT2D eigenvalue weighted by atomic mass is 10.2. The molecule has 5 nitrogen and oxygen atoms in total. The molecule has 0 saturated heterocycles. The molecule has 2 amide bonds. The van der Waals surface area contributed by atoms with E-state index in [-0.39, 0.29) is 23.7 Å². The van der Waals surface area contributed by atoms with E-state index in [4.69, 9.17) is 0 Å². The summed E-state index contributed by atoms with van der Waals surface area (Å²) in [4.78, 5) is 26.2. The summed E-state index contributed by atoms with van der Waals surface area (Å²) in [5.41, 5.74) is 1.91. The van der Waals surface area contributed by atoms with Gasteiger partial charge in [-0.2, -0.15) is 0 Å². The van der Waals surface area contributed by atoms with E-state index in [1.54, 1.807) is 6.08 Å². The minimum absolute atomic E-state index is 0.0677. The van der Waals surface area contributed by atoms with Crippen LogP contribution in [0.25, 0.3) is 0 Å². The second kappa shape index (κ2) is 7.81. The van der Waals surface area contributed by atoms with E-state index in [2.05, 4.69) is 36.0 Å². The first-order valence-electron chi connectivity index (χ1n) is 8.15. The van der Waals surface area contributed by atoms with Crippen molar-refractivity contribution in [3.05, 3.63) is 36.9 Å². The molecule has 0 spiro atoms. The molecule has 23 heavy (non-hydrogen) atoms. The molecule has 1 aromatic rings. The largest absolute Gasteiger partial charge is 0.372 e. The molecule has 2 unspecified atom stereocenters. The highest BCUT2D eigenvalue weighted by Crippen LogP contribution is 2.39. The van der Waals surface area contributed by atoms with Crippen LogP contribution in [0.1, 0.15) is 20.3 Å². The minimum atomic E-state index is -0.220. The van der Waals surface area contributed by atoms with E-state index in [1.165, 1.54) is 0 Å². The van der Waals surface area contributed by atoms with Crippen LogP contribution in [0, 0.1) is 11.8 Å². The molecule has 0 radical (unpaired) electrons. The van der Waals surface area contributed by atoms with Crippen LogP contribution in [0.2, 0.25) is 0 Å². The zero-order valence-electron chi connectivity index (χ0n) is 13.8. The number of rotatable bonds is 8. The van der Waals surface area contributed by atoms with Gasteiger partial charge in [0.1, 0.15) is 0 Å². The van der Waals surface area contributed by atoms with Gasteiger partial charge in [-0.15, -0.1) is 6.58 Å². The van der Waals surface area contributed by atoms with E-state index < -0.39 is 0 Å². The third-order valence-corrected chi connectivity index (χ3v) is 4.15. The predicted octanol–water partition coefficient (Wildman–Crippen LogP) is 2.41. The molecule has 1 saturated carbocycles. The molecule has 1 aliphatic rings. The monoisotopic (exact) mass is 315 g/mol. The van der Waals surface area contributed by atoms with E-state index in [0.717, 1.165) is 24.5 Å². The Morgan fingerprint density at radius 2 is 1.78 bits per heavy atom. The molecule has 5 heteroatoms. The Morgan fingerprint density at radius 1 is 1.17 bits per heavy atom. The van der Waals surface area contributed by atoms with Crippen LogP contribution in [0.15, 0.2) is 36.9 Å². The van der Waals surface area contributed by atoms with Gasteiger partial charge >= 0.3 is 0 Å². The second-order valence-corrected chi connectivity index (χ2v) is 5.69. The second-order valence-electron chi connectivity index (χ2n) is 5.69. The molecule has 1 aromatic carbocycles. The minimum Gasteiger partial charge on any atom is -0.372 e. The fourth-order valence-corrected chi connectivity index (χ4v) is 2.66. The van der Waals surface area contributed by atoms with E-state index in [1.807, 2.05) is 24.3 Å². The maximum atomic E-state index is 12.2. The van der Waals surface area contributed by atoms with Gasteiger partial charge in [-0.3, -0.25) is 9.59 Å². The standard InChI is InChI=1S/C18H25N3O2/c1-4-11-19-17(22)15-12-16(15)18(23)20-13-7-9-14(10-8-13)21(5-2)6-3/h4,7-10,15-16H,1,5-6,11-12H2,2-3H3,(H,19,22)(H,20,23). The van der Waals surface area contributed by atoms with Crippen LogP contribution in [0.5, 0.6) is 0 Å². The zero-order chi connectivity index (χ0) is 16.8. The molecule has 2 rings (SSSR count). The van der Waals surface area contributed by atoms with Crippen molar-refractivity contribution in [1.29, 1.82) is 0 Å². The Kier molecular flexibility index (Phi) is 5.79. The lowest BCUT2D eigenvalue weighted by Crippen LogP contribution is -2.27. The van der Waals surface area contributed by atoms with Crippen molar-refractivity contribution in [2.75, 3.05) is 29.9 Å². The molecule has 2 atom stereocenters. The number of nitrogens with zero attached hydrogens (tertiary/aromatic N) is 1. The Bertz CT molecular complexity index is 564. The SMILES string of the molecule is C=CCNC(=O)C1CC1C(=O)Nc1ccc(N(CC)CC)cc1.